The van der Waals surface area contributed by atoms with Gasteiger partial charge in [0.2, 0.25) is 10.0 Å². The van der Waals surface area contributed by atoms with E-state index >= 15 is 0 Å². The highest BCUT2D eigenvalue weighted by atomic mass is 32.2. The van der Waals surface area contributed by atoms with E-state index in [0.717, 1.165) is 17.3 Å². The summed E-state index contributed by atoms with van der Waals surface area (Å²) in [7, 11) is -1.38. The second-order valence-electron chi connectivity index (χ2n) is 6.69. The Morgan fingerprint density at radius 1 is 1.25 bits per heavy atom. The Labute approximate surface area is 140 Å². The van der Waals surface area contributed by atoms with Crippen LogP contribution in [0.3, 0.4) is 0 Å². The number of carbonyl (C=O) groups is 1. The minimum Gasteiger partial charge on any atom is -0.336 e. The van der Waals surface area contributed by atoms with Crippen LogP contribution in [0.15, 0.2) is 24.3 Å². The lowest BCUT2D eigenvalue weighted by Gasteiger charge is -2.51. The molecule has 2 atom stereocenters. The van der Waals surface area contributed by atoms with Gasteiger partial charge >= 0.3 is 0 Å². The Balaban J connectivity index is 1.61. The van der Waals surface area contributed by atoms with Crippen molar-refractivity contribution in [2.45, 2.75) is 12.5 Å². The van der Waals surface area contributed by atoms with Gasteiger partial charge in [-0.05, 0) is 18.4 Å². The number of amides is 1. The Morgan fingerprint density at radius 2 is 2.00 bits per heavy atom. The summed E-state index contributed by atoms with van der Waals surface area (Å²) in [4.78, 5) is 14.7. The van der Waals surface area contributed by atoms with Crippen LogP contribution in [0.2, 0.25) is 0 Å². The van der Waals surface area contributed by atoms with Crippen LogP contribution in [0.25, 0.3) is 10.9 Å². The number of piperidine rings is 1. The van der Waals surface area contributed by atoms with Gasteiger partial charge in [0.25, 0.3) is 5.91 Å². The lowest BCUT2D eigenvalue weighted by atomic mass is 9.84. The highest BCUT2D eigenvalue weighted by Crippen LogP contribution is 2.35. The molecule has 0 bridgehead atoms. The number of carbonyl (C=O) groups excluding carboxylic acids is 1. The van der Waals surface area contributed by atoms with E-state index in [-0.39, 0.29) is 11.9 Å². The molecule has 0 unspecified atom stereocenters. The minimum absolute atomic E-state index is 0.0901. The summed E-state index contributed by atoms with van der Waals surface area (Å²) in [5.74, 6) is 0.245. The summed E-state index contributed by atoms with van der Waals surface area (Å²) in [6, 6.07) is 7.55. The number of aromatic nitrogens is 2. The quantitative estimate of drug-likeness (QED) is 0.800. The fourth-order valence-electron chi connectivity index (χ4n) is 3.84. The molecule has 2 aliphatic heterocycles. The second kappa shape index (κ2) is 5.29. The van der Waals surface area contributed by atoms with Crippen molar-refractivity contribution in [3.8, 4) is 0 Å². The molecule has 0 aliphatic carbocycles. The molecule has 0 saturated carbocycles. The average molecular weight is 348 g/mol. The molecular weight excluding hydrogens is 328 g/mol. The molecule has 1 aromatic carbocycles. The van der Waals surface area contributed by atoms with Gasteiger partial charge in [-0.25, -0.2) is 8.42 Å². The van der Waals surface area contributed by atoms with Gasteiger partial charge in [0.1, 0.15) is 0 Å². The third-order valence-electron chi connectivity index (χ3n) is 5.18. The summed E-state index contributed by atoms with van der Waals surface area (Å²) in [6.07, 6.45) is 2.07. The molecule has 1 amide bonds. The number of sulfonamides is 1. The zero-order valence-corrected chi connectivity index (χ0v) is 14.5. The van der Waals surface area contributed by atoms with Crippen LogP contribution in [0.4, 0.5) is 0 Å². The zero-order chi connectivity index (χ0) is 17.1. The van der Waals surface area contributed by atoms with E-state index < -0.39 is 10.0 Å². The molecule has 7 nitrogen and oxygen atoms in total. The highest BCUT2D eigenvalue weighted by molar-refractivity contribution is 7.88. The van der Waals surface area contributed by atoms with Crippen LogP contribution in [-0.2, 0) is 17.1 Å². The smallest absolute Gasteiger partial charge is 0.275 e. The standard InChI is InChI=1S/C16H20N4O3S/c1-18-13-6-4-3-5-12(13)15(17-18)16(21)19-8-7-11-9-20(14(11)10-19)24(2,22)23/h3-6,11,14H,7-10H2,1-2H3/t11-,14-/m1/s1. The van der Waals surface area contributed by atoms with Gasteiger partial charge in [0.05, 0.1) is 11.8 Å². The number of para-hydroxylation sites is 1. The van der Waals surface area contributed by atoms with Crippen molar-refractivity contribution in [3.63, 3.8) is 0 Å². The normalized spacial score (nSPS) is 24.7. The molecule has 0 spiro atoms. The van der Waals surface area contributed by atoms with Crippen LogP contribution in [0.5, 0.6) is 0 Å². The Kier molecular flexibility index (Phi) is 3.43. The van der Waals surface area contributed by atoms with Crippen molar-refractivity contribution in [2.24, 2.45) is 13.0 Å². The van der Waals surface area contributed by atoms with Gasteiger partial charge in [-0.1, -0.05) is 18.2 Å². The first-order valence-corrected chi connectivity index (χ1v) is 9.89. The SMILES string of the molecule is Cn1nc(C(=O)N2CC[C@@H]3CN(S(C)(=O)=O)[C@@H]3C2)c2ccccc21. The van der Waals surface area contributed by atoms with Crippen molar-refractivity contribution in [1.29, 1.82) is 0 Å². The number of rotatable bonds is 2. The molecule has 0 radical (unpaired) electrons. The first-order valence-electron chi connectivity index (χ1n) is 8.04. The fourth-order valence-corrected chi connectivity index (χ4v) is 5.03. The molecule has 0 N–H and O–H groups in total. The van der Waals surface area contributed by atoms with Gasteiger partial charge < -0.3 is 4.90 Å². The molecule has 4 rings (SSSR count). The molecule has 2 aliphatic rings. The molecule has 2 aromatic rings. The van der Waals surface area contributed by atoms with Crippen LogP contribution >= 0.6 is 0 Å². The lowest BCUT2D eigenvalue weighted by molar-refractivity contribution is 0.0139. The van der Waals surface area contributed by atoms with Crippen LogP contribution in [0.1, 0.15) is 16.9 Å². The topological polar surface area (TPSA) is 75.5 Å². The van der Waals surface area contributed by atoms with Crippen molar-refractivity contribution >= 4 is 26.8 Å². The van der Waals surface area contributed by atoms with Crippen LogP contribution in [0, 0.1) is 5.92 Å². The van der Waals surface area contributed by atoms with Crippen molar-refractivity contribution in [1.82, 2.24) is 19.0 Å². The van der Waals surface area contributed by atoms with Gasteiger partial charge in [0.15, 0.2) is 5.69 Å². The number of fused-ring (bicyclic) bond motifs is 2. The monoisotopic (exact) mass is 348 g/mol. The molecule has 128 valence electrons. The van der Waals surface area contributed by atoms with E-state index in [9.17, 15) is 13.2 Å². The number of nitrogens with zero attached hydrogens (tertiary/aromatic N) is 4. The molecule has 1 aromatic heterocycles. The third kappa shape index (κ3) is 2.32. The zero-order valence-electron chi connectivity index (χ0n) is 13.7. The van der Waals surface area contributed by atoms with Crippen molar-refractivity contribution in [2.75, 3.05) is 25.9 Å². The van der Waals surface area contributed by atoms with E-state index in [2.05, 4.69) is 5.10 Å². The molecule has 24 heavy (non-hydrogen) atoms. The fraction of sp³-hybridized carbons (Fsp3) is 0.500. The van der Waals surface area contributed by atoms with E-state index in [1.165, 1.54) is 10.6 Å². The number of hydrogen-bond donors (Lipinski definition) is 0. The molecule has 2 saturated heterocycles. The van der Waals surface area contributed by atoms with Crippen molar-refractivity contribution < 1.29 is 13.2 Å². The lowest BCUT2D eigenvalue weighted by Crippen LogP contribution is -2.65. The van der Waals surface area contributed by atoms with E-state index in [4.69, 9.17) is 0 Å². The number of benzene rings is 1. The number of hydrogen-bond acceptors (Lipinski definition) is 4. The van der Waals surface area contributed by atoms with E-state index in [0.29, 0.717) is 31.2 Å². The van der Waals surface area contributed by atoms with Gasteiger partial charge in [0, 0.05) is 38.1 Å². The maximum absolute atomic E-state index is 12.9. The second-order valence-corrected chi connectivity index (χ2v) is 8.62. The summed E-state index contributed by atoms with van der Waals surface area (Å²) in [5, 5.41) is 5.22. The maximum atomic E-state index is 12.9. The van der Waals surface area contributed by atoms with E-state index in [1.807, 2.05) is 31.3 Å². The highest BCUT2D eigenvalue weighted by Gasteiger charge is 2.47. The van der Waals surface area contributed by atoms with Crippen LogP contribution < -0.4 is 0 Å². The molecule has 3 heterocycles. The first kappa shape index (κ1) is 15.6. The number of aryl methyl sites for hydroxylation is 1. The minimum atomic E-state index is -3.21. The van der Waals surface area contributed by atoms with Gasteiger partial charge in [-0.15, -0.1) is 0 Å². The molecule has 2 fully saturated rings. The maximum Gasteiger partial charge on any atom is 0.275 e. The first-order chi connectivity index (χ1) is 11.4. The predicted octanol–water partition coefficient (Wildman–Crippen LogP) is 0.679. The Bertz CT molecular complexity index is 921. The summed E-state index contributed by atoms with van der Waals surface area (Å²) >= 11 is 0. The summed E-state index contributed by atoms with van der Waals surface area (Å²) < 4.78 is 26.8. The summed E-state index contributed by atoms with van der Waals surface area (Å²) in [6.45, 7) is 1.68. The largest absolute Gasteiger partial charge is 0.336 e. The average Bonchev–Trinajstić information content (AvgIpc) is 2.84. The van der Waals surface area contributed by atoms with Gasteiger partial charge in [-0.3, -0.25) is 9.48 Å². The van der Waals surface area contributed by atoms with Crippen LogP contribution in [-0.4, -0.2) is 65.2 Å². The Morgan fingerprint density at radius 3 is 2.75 bits per heavy atom. The third-order valence-corrected chi connectivity index (χ3v) is 6.45. The van der Waals surface area contributed by atoms with Crippen molar-refractivity contribution in [3.05, 3.63) is 30.0 Å². The van der Waals surface area contributed by atoms with E-state index in [1.54, 1.807) is 9.58 Å². The van der Waals surface area contributed by atoms with Gasteiger partial charge in [-0.2, -0.15) is 9.40 Å². The number of likely N-dealkylation sites (tertiary alicyclic amines) is 1. The Hall–Kier alpha value is -1.93. The molecule has 8 heteroatoms. The molecular formula is C16H20N4O3S. The predicted molar refractivity (Wildman–Crippen MR) is 90.1 cm³/mol. The summed E-state index contributed by atoms with van der Waals surface area (Å²) in [5.41, 5.74) is 1.36.